The van der Waals surface area contributed by atoms with Gasteiger partial charge >= 0.3 is 0 Å². The molecule has 5 rings (SSSR count). The van der Waals surface area contributed by atoms with Crippen LogP contribution in [0.25, 0.3) is 11.1 Å². The molecule has 1 aliphatic rings. The fourth-order valence-electron chi connectivity index (χ4n) is 4.33. The van der Waals surface area contributed by atoms with Gasteiger partial charge in [-0.2, -0.15) is 18.2 Å². The number of rotatable bonds is 3. The van der Waals surface area contributed by atoms with Crippen molar-refractivity contribution < 1.29 is 20.1 Å². The number of hydrogen-bond acceptors (Lipinski definition) is 4. The molecule has 163 valence electrons. The maximum absolute atomic E-state index is 4.62. The molecule has 0 bridgehead atoms. The first-order valence-electron chi connectivity index (χ1n) is 10.4. The third-order valence-corrected chi connectivity index (χ3v) is 5.66. The monoisotopic (exact) mass is 597 g/mol. The largest absolute Gasteiger partial charge is 0.477 e. The summed E-state index contributed by atoms with van der Waals surface area (Å²) in [5.74, 6) is 1.62. The van der Waals surface area contributed by atoms with Crippen LogP contribution in [0.5, 0.6) is 0 Å². The summed E-state index contributed by atoms with van der Waals surface area (Å²) in [6, 6.07) is 22.7. The molecule has 4 nitrogen and oxygen atoms in total. The van der Waals surface area contributed by atoms with Gasteiger partial charge in [-0.25, -0.2) is 9.97 Å². The Morgan fingerprint density at radius 1 is 0.781 bits per heavy atom. The summed E-state index contributed by atoms with van der Waals surface area (Å²) in [7, 11) is 0. The Morgan fingerprint density at radius 2 is 1.41 bits per heavy atom. The number of aromatic nitrogens is 2. The molecule has 4 aromatic rings. The van der Waals surface area contributed by atoms with Gasteiger partial charge in [-0.3, -0.25) is 0 Å². The molecule has 0 spiro atoms. The Hall–Kier alpha value is -3.01. The van der Waals surface area contributed by atoms with Crippen molar-refractivity contribution in [2.75, 3.05) is 9.80 Å². The molecule has 32 heavy (non-hydrogen) atoms. The van der Waals surface area contributed by atoms with Gasteiger partial charge in [0.2, 0.25) is 0 Å². The summed E-state index contributed by atoms with van der Waals surface area (Å²) >= 11 is 0. The molecule has 5 heteroatoms. The molecule has 2 heterocycles. The van der Waals surface area contributed by atoms with E-state index in [-0.39, 0.29) is 20.1 Å². The summed E-state index contributed by atoms with van der Waals surface area (Å²) in [6.45, 7) is 10.6. The maximum Gasteiger partial charge on any atom is 0.145 e. The predicted molar refractivity (Wildman–Crippen MR) is 127 cm³/mol. The summed E-state index contributed by atoms with van der Waals surface area (Å²) < 4.78 is 0. The van der Waals surface area contributed by atoms with Gasteiger partial charge in [0.15, 0.2) is 0 Å². The van der Waals surface area contributed by atoms with E-state index >= 15 is 0 Å². The molecule has 0 amide bonds. The SMILES string of the molecule is Cc1cc(C)cc(N2[CH-]N(c3[c-]cc(-c4c(C)cccc4C)cc3)c3nccnc32)c1.[Ir]. The Kier molecular flexibility index (Phi) is 6.14. The van der Waals surface area contributed by atoms with Crippen LogP contribution >= 0.6 is 0 Å². The van der Waals surface area contributed by atoms with E-state index in [1.807, 2.05) is 6.67 Å². The molecule has 0 atom stereocenters. The third-order valence-electron chi connectivity index (χ3n) is 5.66. The number of fused-ring (bicyclic) bond motifs is 1. The first kappa shape index (κ1) is 22.2. The fourth-order valence-corrected chi connectivity index (χ4v) is 4.33. The number of hydrogen-bond donors (Lipinski definition) is 0. The number of nitrogens with zero attached hydrogens (tertiary/aromatic N) is 4. The second kappa shape index (κ2) is 8.85. The van der Waals surface area contributed by atoms with Gasteiger partial charge in [0.25, 0.3) is 0 Å². The summed E-state index contributed by atoms with van der Waals surface area (Å²) in [6.07, 6.45) is 3.47. The zero-order valence-electron chi connectivity index (χ0n) is 18.6. The van der Waals surface area contributed by atoms with Crippen molar-refractivity contribution >= 4 is 23.0 Å². The Labute approximate surface area is 203 Å². The van der Waals surface area contributed by atoms with Crippen LogP contribution in [0.15, 0.2) is 67.0 Å². The molecule has 0 unspecified atom stereocenters. The molecule has 0 saturated carbocycles. The standard InChI is InChI=1S/C27H24N4.Ir/c1-18-14-19(2)16-24(15-18)31-17-30(26-27(31)29-13-12-28-26)23-10-8-22(9-11-23)25-20(3)6-5-7-21(25)4;/h5-10,12-17H,1-4H3;/q-2;. The molecule has 0 N–H and O–H groups in total. The van der Waals surface area contributed by atoms with Crippen LogP contribution < -0.4 is 9.80 Å². The van der Waals surface area contributed by atoms with Gasteiger partial charge in [0.1, 0.15) is 11.6 Å². The molecular formula is C27H24IrN4-2. The van der Waals surface area contributed by atoms with E-state index in [4.69, 9.17) is 0 Å². The van der Waals surface area contributed by atoms with E-state index in [9.17, 15) is 0 Å². The van der Waals surface area contributed by atoms with E-state index in [0.717, 1.165) is 23.0 Å². The summed E-state index contributed by atoms with van der Waals surface area (Å²) in [4.78, 5) is 13.4. The molecule has 1 radical (unpaired) electrons. The fraction of sp³-hybridized carbons (Fsp3) is 0.148. The minimum atomic E-state index is 0. The van der Waals surface area contributed by atoms with E-state index < -0.39 is 0 Å². The molecule has 0 aliphatic carbocycles. The summed E-state index contributed by atoms with van der Waals surface area (Å²) in [5, 5.41) is 0. The van der Waals surface area contributed by atoms with Crippen molar-refractivity contribution in [3.05, 3.63) is 102 Å². The molecule has 1 aromatic heterocycles. The Morgan fingerprint density at radius 3 is 2.00 bits per heavy atom. The second-order valence-corrected chi connectivity index (χ2v) is 8.13. The smallest absolute Gasteiger partial charge is 0.145 e. The van der Waals surface area contributed by atoms with Gasteiger partial charge in [-0.15, -0.1) is 24.0 Å². The van der Waals surface area contributed by atoms with Crippen molar-refractivity contribution in [2.45, 2.75) is 27.7 Å². The van der Waals surface area contributed by atoms with Crippen molar-refractivity contribution in [1.82, 2.24) is 9.97 Å². The number of benzene rings is 3. The topological polar surface area (TPSA) is 32.3 Å². The van der Waals surface area contributed by atoms with E-state index in [0.29, 0.717) is 0 Å². The van der Waals surface area contributed by atoms with E-state index in [1.165, 1.54) is 33.4 Å². The van der Waals surface area contributed by atoms with Gasteiger partial charge in [-0.05, 0) is 51.0 Å². The summed E-state index contributed by atoms with van der Waals surface area (Å²) in [5.41, 5.74) is 9.43. The first-order valence-corrected chi connectivity index (χ1v) is 10.4. The zero-order chi connectivity index (χ0) is 21.5. The van der Waals surface area contributed by atoms with Crippen LogP contribution in [-0.2, 0) is 20.1 Å². The Balaban J connectivity index is 0.00000245. The minimum absolute atomic E-state index is 0. The normalized spacial score (nSPS) is 12.5. The van der Waals surface area contributed by atoms with Gasteiger partial charge < -0.3 is 9.80 Å². The molecule has 1 aliphatic heterocycles. The predicted octanol–water partition coefficient (Wildman–Crippen LogP) is 6.58. The van der Waals surface area contributed by atoms with Crippen LogP contribution in [0, 0.1) is 40.4 Å². The molecular weight excluding hydrogens is 573 g/mol. The Bertz CT molecular complexity index is 1230. The quantitative estimate of drug-likeness (QED) is 0.250. The van der Waals surface area contributed by atoms with Crippen LogP contribution in [0.4, 0.5) is 23.0 Å². The van der Waals surface area contributed by atoms with Crippen molar-refractivity contribution in [3.8, 4) is 11.1 Å². The molecule has 0 fully saturated rings. The zero-order valence-corrected chi connectivity index (χ0v) is 20.9. The average Bonchev–Trinajstić information content (AvgIpc) is 3.13. The van der Waals surface area contributed by atoms with Crippen molar-refractivity contribution in [1.29, 1.82) is 0 Å². The molecule has 0 saturated heterocycles. The molecule has 3 aromatic carbocycles. The minimum Gasteiger partial charge on any atom is -0.477 e. The van der Waals surface area contributed by atoms with Crippen molar-refractivity contribution in [3.63, 3.8) is 0 Å². The van der Waals surface area contributed by atoms with Gasteiger partial charge in [-0.1, -0.05) is 41.0 Å². The van der Waals surface area contributed by atoms with Crippen LogP contribution in [0.1, 0.15) is 22.3 Å². The van der Waals surface area contributed by atoms with Gasteiger partial charge in [0, 0.05) is 38.2 Å². The first-order chi connectivity index (χ1) is 15.0. The second-order valence-electron chi connectivity index (χ2n) is 8.13. The van der Waals surface area contributed by atoms with E-state index in [1.54, 1.807) is 12.4 Å². The van der Waals surface area contributed by atoms with Gasteiger partial charge in [0.05, 0.1) is 0 Å². The van der Waals surface area contributed by atoms with Crippen LogP contribution in [0.2, 0.25) is 0 Å². The average molecular weight is 597 g/mol. The van der Waals surface area contributed by atoms with Crippen LogP contribution in [0.3, 0.4) is 0 Å². The number of aryl methyl sites for hydroxylation is 4. The maximum atomic E-state index is 4.62. The number of anilines is 4. The third kappa shape index (κ3) is 3.94. The van der Waals surface area contributed by atoms with E-state index in [2.05, 4.69) is 108 Å². The van der Waals surface area contributed by atoms with Crippen LogP contribution in [-0.4, -0.2) is 9.97 Å². The van der Waals surface area contributed by atoms with Crippen molar-refractivity contribution in [2.24, 2.45) is 0 Å².